The van der Waals surface area contributed by atoms with Crippen molar-refractivity contribution in [3.8, 4) is 0 Å². The highest BCUT2D eigenvalue weighted by Gasteiger charge is 2.71. The molecule has 1 aromatic rings. The molecule has 1 aliphatic heterocycles. The Balaban J connectivity index is 1.72. The molecule has 24 heavy (non-hydrogen) atoms. The lowest BCUT2D eigenvalue weighted by molar-refractivity contribution is -0.148. The van der Waals surface area contributed by atoms with Crippen molar-refractivity contribution in [2.24, 2.45) is 11.3 Å². The molecule has 4 nitrogen and oxygen atoms in total. The molecule has 132 valence electrons. The Hall–Kier alpha value is -1.60. The van der Waals surface area contributed by atoms with E-state index < -0.39 is 36.4 Å². The zero-order chi connectivity index (χ0) is 17.5. The van der Waals surface area contributed by atoms with E-state index in [9.17, 15) is 28.2 Å². The van der Waals surface area contributed by atoms with Gasteiger partial charge in [0, 0.05) is 31.5 Å². The molecule has 1 aliphatic carbocycles. The number of benzene rings is 1. The number of hydrogen-bond acceptors (Lipinski definition) is 3. The molecular formula is C17H20F3NO3. The summed E-state index contributed by atoms with van der Waals surface area (Å²) in [6.45, 7) is 0.0906. The third-order valence-corrected chi connectivity index (χ3v) is 5.37. The summed E-state index contributed by atoms with van der Waals surface area (Å²) in [7, 11) is 0. The number of amides is 1. The van der Waals surface area contributed by atoms with Crippen LogP contribution in [0.2, 0.25) is 0 Å². The minimum Gasteiger partial charge on any atom is -0.396 e. The lowest BCUT2D eigenvalue weighted by atomic mass is 9.95. The molecular weight excluding hydrogens is 323 g/mol. The van der Waals surface area contributed by atoms with Gasteiger partial charge in [-0.25, -0.2) is 0 Å². The fourth-order valence-corrected chi connectivity index (χ4v) is 4.16. The first-order valence-corrected chi connectivity index (χ1v) is 7.98. The van der Waals surface area contributed by atoms with Crippen LogP contribution in [0.15, 0.2) is 30.3 Å². The minimum absolute atomic E-state index is 0.0243. The molecule has 2 fully saturated rings. The van der Waals surface area contributed by atoms with Crippen molar-refractivity contribution in [1.29, 1.82) is 0 Å². The number of β-amino-alcohol motifs (C(OH)–C–C–N with tert-alkyl or cyclic N) is 1. The Bertz CT molecular complexity index is 607. The summed E-state index contributed by atoms with van der Waals surface area (Å²) in [5, 5.41) is 20.1. The van der Waals surface area contributed by atoms with E-state index in [0.29, 0.717) is 0 Å². The lowest BCUT2D eigenvalue weighted by Gasteiger charge is -2.17. The van der Waals surface area contributed by atoms with Crippen LogP contribution in [-0.4, -0.2) is 53.0 Å². The first-order chi connectivity index (χ1) is 11.3. The highest BCUT2D eigenvalue weighted by atomic mass is 19.4. The van der Waals surface area contributed by atoms with E-state index in [2.05, 4.69) is 0 Å². The van der Waals surface area contributed by atoms with E-state index in [1.165, 1.54) is 4.90 Å². The van der Waals surface area contributed by atoms with Gasteiger partial charge in [0.25, 0.3) is 0 Å². The van der Waals surface area contributed by atoms with Gasteiger partial charge >= 0.3 is 6.18 Å². The highest BCUT2D eigenvalue weighted by molar-refractivity contribution is 5.77. The Morgan fingerprint density at radius 2 is 1.96 bits per heavy atom. The van der Waals surface area contributed by atoms with Crippen LogP contribution in [0.1, 0.15) is 24.3 Å². The maximum absolute atomic E-state index is 12.3. The Labute approximate surface area is 137 Å². The fraction of sp³-hybridized carbons (Fsp3) is 0.588. The monoisotopic (exact) mass is 343 g/mol. The zero-order valence-electron chi connectivity index (χ0n) is 13.0. The number of aliphatic hydroxyl groups excluding tert-OH is 2. The van der Waals surface area contributed by atoms with Crippen LogP contribution < -0.4 is 0 Å². The summed E-state index contributed by atoms with van der Waals surface area (Å²) < 4.78 is 36.9. The number of nitrogens with zero attached hydrogens (tertiary/aromatic N) is 1. The number of hydrogen-bond donors (Lipinski definition) is 2. The molecule has 7 heteroatoms. The number of carbonyl (C=O) groups excluding carboxylic acids is 1. The Kier molecular flexibility index (Phi) is 4.34. The largest absolute Gasteiger partial charge is 0.396 e. The molecule has 2 aliphatic rings. The van der Waals surface area contributed by atoms with Gasteiger partial charge in [0.15, 0.2) is 0 Å². The number of likely N-dealkylation sites (tertiary alicyclic amines) is 1. The minimum atomic E-state index is -4.37. The molecule has 1 aromatic carbocycles. The van der Waals surface area contributed by atoms with E-state index in [0.717, 1.165) is 5.56 Å². The van der Waals surface area contributed by atoms with Crippen molar-refractivity contribution in [3.63, 3.8) is 0 Å². The van der Waals surface area contributed by atoms with E-state index in [-0.39, 0.29) is 31.5 Å². The van der Waals surface area contributed by atoms with E-state index in [4.69, 9.17) is 0 Å². The first kappa shape index (κ1) is 17.2. The standard InChI is InChI=1S/C17H20F3NO3/c18-17(19,20)7-6-14(24)21-8-13(23)16(10-21)12(9-22)15(16)11-4-2-1-3-5-11/h1-5,12-13,15,22-23H,6-10H2/t12-,13-,15-,16-/m1/s1. The molecule has 0 aromatic heterocycles. The molecule has 0 bridgehead atoms. The molecule has 1 amide bonds. The molecule has 0 radical (unpaired) electrons. The second kappa shape index (κ2) is 6.04. The van der Waals surface area contributed by atoms with Crippen molar-refractivity contribution in [2.45, 2.75) is 31.0 Å². The van der Waals surface area contributed by atoms with Crippen molar-refractivity contribution in [3.05, 3.63) is 35.9 Å². The third-order valence-electron chi connectivity index (χ3n) is 5.37. The topological polar surface area (TPSA) is 60.8 Å². The fourth-order valence-electron chi connectivity index (χ4n) is 4.16. The van der Waals surface area contributed by atoms with Crippen LogP contribution in [0.4, 0.5) is 13.2 Å². The van der Waals surface area contributed by atoms with Crippen molar-refractivity contribution >= 4 is 5.91 Å². The van der Waals surface area contributed by atoms with E-state index >= 15 is 0 Å². The summed E-state index contributed by atoms with van der Waals surface area (Å²) in [5.41, 5.74) is 0.324. The first-order valence-electron chi connectivity index (χ1n) is 7.98. The molecule has 1 heterocycles. The summed E-state index contributed by atoms with van der Waals surface area (Å²) in [4.78, 5) is 13.4. The van der Waals surface area contributed by atoms with Crippen molar-refractivity contribution in [1.82, 2.24) is 4.90 Å². The van der Waals surface area contributed by atoms with Gasteiger partial charge in [-0.1, -0.05) is 30.3 Å². The second-order valence-corrected chi connectivity index (χ2v) is 6.70. The number of rotatable bonds is 4. The Morgan fingerprint density at radius 1 is 1.29 bits per heavy atom. The third kappa shape index (κ3) is 2.91. The van der Waals surface area contributed by atoms with Gasteiger partial charge in [-0.2, -0.15) is 13.2 Å². The van der Waals surface area contributed by atoms with Gasteiger partial charge in [0.05, 0.1) is 12.5 Å². The van der Waals surface area contributed by atoms with E-state index in [1.807, 2.05) is 30.3 Å². The zero-order valence-corrected chi connectivity index (χ0v) is 13.0. The summed E-state index contributed by atoms with van der Waals surface area (Å²) in [6, 6.07) is 9.41. The average Bonchev–Trinajstić information content (AvgIpc) is 3.07. The molecule has 1 saturated carbocycles. The number of carbonyl (C=O) groups is 1. The molecule has 1 saturated heterocycles. The lowest BCUT2D eigenvalue weighted by Crippen LogP contribution is -2.30. The van der Waals surface area contributed by atoms with Crippen LogP contribution in [0, 0.1) is 11.3 Å². The van der Waals surface area contributed by atoms with Crippen LogP contribution >= 0.6 is 0 Å². The molecule has 0 unspecified atom stereocenters. The predicted molar refractivity (Wildman–Crippen MR) is 80.1 cm³/mol. The predicted octanol–water partition coefficient (Wildman–Crippen LogP) is 1.92. The maximum atomic E-state index is 12.3. The molecule has 4 atom stereocenters. The smallest absolute Gasteiger partial charge is 0.389 e. The van der Waals surface area contributed by atoms with Crippen LogP contribution in [0.5, 0.6) is 0 Å². The average molecular weight is 343 g/mol. The maximum Gasteiger partial charge on any atom is 0.389 e. The van der Waals surface area contributed by atoms with Gasteiger partial charge < -0.3 is 15.1 Å². The SMILES string of the molecule is O=C(CCC(F)(F)F)N1C[C@@H](O)[C@@]2(C1)[C@H](CO)[C@H]2c1ccccc1. The Morgan fingerprint density at radius 3 is 2.54 bits per heavy atom. The summed E-state index contributed by atoms with van der Waals surface area (Å²) in [5.74, 6) is -0.868. The summed E-state index contributed by atoms with van der Waals surface area (Å²) in [6.07, 6.45) is -6.97. The number of halogens is 3. The number of aliphatic hydroxyl groups is 2. The van der Waals surface area contributed by atoms with Crippen LogP contribution in [0.3, 0.4) is 0 Å². The van der Waals surface area contributed by atoms with Crippen LogP contribution in [-0.2, 0) is 4.79 Å². The molecule has 1 spiro atoms. The molecule has 2 N–H and O–H groups in total. The van der Waals surface area contributed by atoms with Gasteiger partial charge in [-0.05, 0) is 17.4 Å². The van der Waals surface area contributed by atoms with Gasteiger partial charge in [-0.3, -0.25) is 4.79 Å². The highest BCUT2D eigenvalue weighted by Crippen LogP contribution is 2.68. The van der Waals surface area contributed by atoms with Crippen molar-refractivity contribution in [2.75, 3.05) is 19.7 Å². The quantitative estimate of drug-likeness (QED) is 0.878. The van der Waals surface area contributed by atoms with Gasteiger partial charge in [0.2, 0.25) is 5.91 Å². The summed E-state index contributed by atoms with van der Waals surface area (Å²) >= 11 is 0. The molecule has 3 rings (SSSR count). The van der Waals surface area contributed by atoms with Crippen molar-refractivity contribution < 1.29 is 28.2 Å². The second-order valence-electron chi connectivity index (χ2n) is 6.70. The van der Waals surface area contributed by atoms with Gasteiger partial charge in [-0.15, -0.1) is 0 Å². The normalized spacial score (nSPS) is 32.4. The van der Waals surface area contributed by atoms with Gasteiger partial charge in [0.1, 0.15) is 0 Å². The number of alkyl halides is 3. The van der Waals surface area contributed by atoms with E-state index in [1.54, 1.807) is 0 Å². The van der Waals surface area contributed by atoms with Crippen LogP contribution in [0.25, 0.3) is 0 Å².